The number of nitrogens with one attached hydrogen (secondary N) is 1. The molecule has 0 bridgehead atoms. The molecule has 3 nitrogen and oxygen atoms in total. The number of hydrogen-bond donors (Lipinski definition) is 1. The van der Waals surface area contributed by atoms with E-state index in [1.165, 1.54) is 11.1 Å². The highest BCUT2D eigenvalue weighted by Gasteiger charge is 2.39. The summed E-state index contributed by atoms with van der Waals surface area (Å²) in [5.41, 5.74) is 2.76. The van der Waals surface area contributed by atoms with Crippen molar-refractivity contribution in [2.24, 2.45) is 0 Å². The lowest BCUT2D eigenvalue weighted by Gasteiger charge is -2.44. The Morgan fingerprint density at radius 3 is 2.57 bits per heavy atom. The number of aryl methyl sites for hydroxylation is 1. The average molecular weight is 289 g/mol. The molecule has 0 radical (unpaired) electrons. The van der Waals surface area contributed by atoms with Gasteiger partial charge < -0.3 is 14.8 Å². The van der Waals surface area contributed by atoms with Gasteiger partial charge in [0.05, 0.1) is 5.60 Å². The minimum absolute atomic E-state index is 0.0706. The third kappa shape index (κ3) is 3.65. The van der Waals surface area contributed by atoms with Gasteiger partial charge in [0.15, 0.2) is 0 Å². The van der Waals surface area contributed by atoms with Crippen molar-refractivity contribution in [3.63, 3.8) is 0 Å². The zero-order valence-electron chi connectivity index (χ0n) is 13.2. The largest absolute Gasteiger partial charge is 0.381 e. The molecule has 1 unspecified atom stereocenters. The van der Waals surface area contributed by atoms with E-state index >= 15 is 0 Å². The van der Waals surface area contributed by atoms with Crippen molar-refractivity contribution in [2.75, 3.05) is 19.8 Å². The molecule has 2 fully saturated rings. The molecule has 1 aromatic carbocycles. The molecule has 0 amide bonds. The lowest BCUT2D eigenvalue weighted by molar-refractivity contribution is -0.140. The van der Waals surface area contributed by atoms with Gasteiger partial charge in [0.25, 0.3) is 0 Å². The van der Waals surface area contributed by atoms with E-state index < -0.39 is 0 Å². The summed E-state index contributed by atoms with van der Waals surface area (Å²) in [5.74, 6) is 0. The summed E-state index contributed by atoms with van der Waals surface area (Å²) in [7, 11) is 0. The summed E-state index contributed by atoms with van der Waals surface area (Å²) >= 11 is 0. The SMILES string of the molecule is Cc1ccc([C@H](C)NC2CCOC3(CCOCC3)C2)cc1. The summed E-state index contributed by atoms with van der Waals surface area (Å²) in [6.07, 6.45) is 4.32. The van der Waals surface area contributed by atoms with Crippen LogP contribution < -0.4 is 5.32 Å². The monoisotopic (exact) mass is 289 g/mol. The zero-order valence-corrected chi connectivity index (χ0v) is 13.2. The summed E-state index contributed by atoms with van der Waals surface area (Å²) in [6.45, 7) is 6.96. The van der Waals surface area contributed by atoms with Crippen LogP contribution in [0, 0.1) is 6.92 Å². The van der Waals surface area contributed by atoms with E-state index in [-0.39, 0.29) is 5.60 Å². The molecule has 0 aromatic heterocycles. The smallest absolute Gasteiger partial charge is 0.0741 e. The quantitative estimate of drug-likeness (QED) is 0.925. The highest BCUT2D eigenvalue weighted by atomic mass is 16.5. The third-order valence-corrected chi connectivity index (χ3v) is 4.96. The molecule has 2 aliphatic rings. The Bertz CT molecular complexity index is 445. The average Bonchev–Trinajstić information content (AvgIpc) is 2.49. The molecule has 3 rings (SSSR count). The number of rotatable bonds is 3. The molecule has 2 heterocycles. The maximum atomic E-state index is 6.12. The van der Waals surface area contributed by atoms with Crippen LogP contribution in [-0.4, -0.2) is 31.5 Å². The van der Waals surface area contributed by atoms with E-state index in [0.717, 1.165) is 45.5 Å². The highest BCUT2D eigenvalue weighted by molar-refractivity contribution is 5.23. The van der Waals surface area contributed by atoms with Crippen LogP contribution >= 0.6 is 0 Å². The first-order chi connectivity index (χ1) is 10.2. The van der Waals surface area contributed by atoms with Crippen LogP contribution in [-0.2, 0) is 9.47 Å². The molecule has 1 spiro atoms. The van der Waals surface area contributed by atoms with Gasteiger partial charge in [-0.05, 0) is 45.1 Å². The lowest BCUT2D eigenvalue weighted by Crippen LogP contribution is -2.50. The zero-order chi connectivity index (χ0) is 14.7. The van der Waals surface area contributed by atoms with E-state index in [9.17, 15) is 0 Å². The molecule has 2 aliphatic heterocycles. The topological polar surface area (TPSA) is 30.5 Å². The lowest BCUT2D eigenvalue weighted by atomic mass is 9.83. The second-order valence-corrected chi connectivity index (χ2v) is 6.63. The van der Waals surface area contributed by atoms with E-state index in [4.69, 9.17) is 9.47 Å². The van der Waals surface area contributed by atoms with Gasteiger partial charge in [-0.3, -0.25) is 0 Å². The van der Waals surface area contributed by atoms with E-state index in [0.29, 0.717) is 12.1 Å². The van der Waals surface area contributed by atoms with Crippen LogP contribution in [0.1, 0.15) is 49.8 Å². The van der Waals surface area contributed by atoms with Crippen molar-refractivity contribution in [3.8, 4) is 0 Å². The van der Waals surface area contributed by atoms with Gasteiger partial charge in [0, 0.05) is 31.9 Å². The fourth-order valence-electron chi connectivity index (χ4n) is 3.57. The standard InChI is InChI=1S/C18H27NO2/c1-14-3-5-16(6-4-14)15(2)19-17-7-10-21-18(13-17)8-11-20-12-9-18/h3-6,15,17,19H,7-13H2,1-2H3/t15-,17?/m0/s1. The van der Waals surface area contributed by atoms with Crippen molar-refractivity contribution in [1.29, 1.82) is 0 Å². The Morgan fingerprint density at radius 1 is 1.14 bits per heavy atom. The molecular weight excluding hydrogens is 262 g/mol. The molecule has 2 atom stereocenters. The molecular formula is C18H27NO2. The summed E-state index contributed by atoms with van der Waals surface area (Å²) in [5, 5.41) is 3.81. The number of benzene rings is 1. The van der Waals surface area contributed by atoms with Gasteiger partial charge in [0.2, 0.25) is 0 Å². The van der Waals surface area contributed by atoms with Crippen molar-refractivity contribution in [2.45, 2.75) is 57.2 Å². The van der Waals surface area contributed by atoms with E-state index in [1.54, 1.807) is 0 Å². The van der Waals surface area contributed by atoms with Gasteiger partial charge in [-0.15, -0.1) is 0 Å². The molecule has 116 valence electrons. The van der Waals surface area contributed by atoms with Gasteiger partial charge >= 0.3 is 0 Å². The Balaban J connectivity index is 1.60. The first kappa shape index (κ1) is 15.0. The summed E-state index contributed by atoms with van der Waals surface area (Å²) in [6, 6.07) is 9.79. The molecule has 0 aliphatic carbocycles. The second kappa shape index (κ2) is 6.47. The van der Waals surface area contributed by atoms with Gasteiger partial charge in [-0.25, -0.2) is 0 Å². The van der Waals surface area contributed by atoms with E-state index in [2.05, 4.69) is 43.4 Å². The van der Waals surface area contributed by atoms with Crippen LogP contribution in [0.25, 0.3) is 0 Å². The van der Waals surface area contributed by atoms with Gasteiger partial charge in [0.1, 0.15) is 0 Å². The number of hydrogen-bond acceptors (Lipinski definition) is 3. The predicted octanol–water partition coefficient (Wildman–Crippen LogP) is 3.37. The van der Waals surface area contributed by atoms with Gasteiger partial charge in [-0.1, -0.05) is 29.8 Å². The molecule has 3 heteroatoms. The number of ether oxygens (including phenoxy) is 2. The molecule has 21 heavy (non-hydrogen) atoms. The van der Waals surface area contributed by atoms with Crippen molar-refractivity contribution in [1.82, 2.24) is 5.32 Å². The maximum Gasteiger partial charge on any atom is 0.0741 e. The normalized spacial score (nSPS) is 26.7. The minimum atomic E-state index is 0.0706. The highest BCUT2D eigenvalue weighted by Crippen LogP contribution is 2.35. The second-order valence-electron chi connectivity index (χ2n) is 6.63. The minimum Gasteiger partial charge on any atom is -0.381 e. The Hall–Kier alpha value is -0.900. The Morgan fingerprint density at radius 2 is 1.86 bits per heavy atom. The maximum absolute atomic E-state index is 6.12. The van der Waals surface area contributed by atoms with E-state index in [1.807, 2.05) is 0 Å². The summed E-state index contributed by atoms with van der Waals surface area (Å²) < 4.78 is 11.6. The Kier molecular flexibility index (Phi) is 4.63. The van der Waals surface area contributed by atoms with Crippen LogP contribution in [0.4, 0.5) is 0 Å². The fourth-order valence-corrected chi connectivity index (χ4v) is 3.57. The third-order valence-electron chi connectivity index (χ3n) is 4.96. The first-order valence-corrected chi connectivity index (χ1v) is 8.21. The van der Waals surface area contributed by atoms with Crippen LogP contribution in [0.15, 0.2) is 24.3 Å². The van der Waals surface area contributed by atoms with Crippen LogP contribution in [0.2, 0.25) is 0 Å². The predicted molar refractivity (Wildman–Crippen MR) is 84.5 cm³/mol. The first-order valence-electron chi connectivity index (χ1n) is 8.21. The van der Waals surface area contributed by atoms with Crippen molar-refractivity contribution < 1.29 is 9.47 Å². The molecule has 0 saturated carbocycles. The fraction of sp³-hybridized carbons (Fsp3) is 0.667. The van der Waals surface area contributed by atoms with Crippen molar-refractivity contribution >= 4 is 0 Å². The van der Waals surface area contributed by atoms with Crippen LogP contribution in [0.5, 0.6) is 0 Å². The summed E-state index contributed by atoms with van der Waals surface area (Å²) in [4.78, 5) is 0. The molecule has 2 saturated heterocycles. The van der Waals surface area contributed by atoms with Gasteiger partial charge in [-0.2, -0.15) is 0 Å². The van der Waals surface area contributed by atoms with Crippen LogP contribution in [0.3, 0.4) is 0 Å². The van der Waals surface area contributed by atoms with Crippen molar-refractivity contribution in [3.05, 3.63) is 35.4 Å². The molecule has 1 N–H and O–H groups in total. The molecule has 1 aromatic rings. The Labute approximate surface area is 128 Å².